The Morgan fingerprint density at radius 2 is 2.18 bits per heavy atom. The lowest BCUT2D eigenvalue weighted by atomic mass is 9.81. The number of hydrogen-bond donors (Lipinski definition) is 1. The van der Waals surface area contributed by atoms with Crippen molar-refractivity contribution in [3.8, 4) is 0 Å². The monoisotopic (exact) mass is 236 g/mol. The molecule has 1 N–H and O–H groups in total. The van der Waals surface area contributed by atoms with Gasteiger partial charge < -0.3 is 9.52 Å². The largest absolute Gasteiger partial charge is 0.481 e. The van der Waals surface area contributed by atoms with Crippen molar-refractivity contribution < 1.29 is 18.7 Å². The van der Waals surface area contributed by atoms with Gasteiger partial charge in [-0.1, -0.05) is 13.8 Å². The molecule has 0 saturated carbocycles. The van der Waals surface area contributed by atoms with E-state index in [9.17, 15) is 9.18 Å². The number of halogens is 1. The first-order valence-corrected chi connectivity index (χ1v) is 5.29. The average Bonchev–Trinajstić information content (AvgIpc) is 2.61. The third kappa shape index (κ3) is 2.16. The molecule has 0 unspecified atom stereocenters. The summed E-state index contributed by atoms with van der Waals surface area (Å²) in [5, 5.41) is 9.53. The Bertz CT molecular complexity index is 569. The molecular formula is C13H13FO3. The molecule has 4 heteroatoms. The summed E-state index contributed by atoms with van der Waals surface area (Å²) in [4.78, 5) is 10.8. The quantitative estimate of drug-likeness (QED) is 0.889. The molecule has 0 atom stereocenters. The van der Waals surface area contributed by atoms with Crippen LogP contribution in [-0.2, 0) is 10.2 Å². The first-order chi connectivity index (χ1) is 7.90. The molecule has 0 aliphatic heterocycles. The predicted octanol–water partition coefficient (Wildman–Crippen LogP) is 3.32. The van der Waals surface area contributed by atoms with E-state index in [1.165, 1.54) is 18.4 Å². The molecule has 2 aromatic rings. The van der Waals surface area contributed by atoms with Crippen LogP contribution in [0.15, 0.2) is 28.9 Å². The lowest BCUT2D eigenvalue weighted by Gasteiger charge is -2.23. The molecule has 1 aromatic heterocycles. The molecule has 0 aliphatic carbocycles. The number of furan rings is 1. The second-order valence-electron chi connectivity index (χ2n) is 4.75. The highest BCUT2D eigenvalue weighted by atomic mass is 19.1. The number of carbonyl (C=O) groups is 1. The smallest absolute Gasteiger partial charge is 0.304 e. The molecule has 90 valence electrons. The van der Waals surface area contributed by atoms with Gasteiger partial charge in [0.05, 0.1) is 12.7 Å². The van der Waals surface area contributed by atoms with Gasteiger partial charge >= 0.3 is 5.97 Å². The summed E-state index contributed by atoms with van der Waals surface area (Å²) in [5.41, 5.74) is 0.460. The average molecular weight is 236 g/mol. The number of hydrogen-bond acceptors (Lipinski definition) is 2. The van der Waals surface area contributed by atoms with Crippen molar-refractivity contribution in [1.29, 1.82) is 0 Å². The topological polar surface area (TPSA) is 50.4 Å². The summed E-state index contributed by atoms with van der Waals surface area (Å²) in [6.07, 6.45) is 1.40. The molecule has 0 aliphatic rings. The molecule has 17 heavy (non-hydrogen) atoms. The lowest BCUT2D eigenvalue weighted by molar-refractivity contribution is -0.138. The maximum Gasteiger partial charge on any atom is 0.304 e. The third-order valence-electron chi connectivity index (χ3n) is 2.84. The number of benzene rings is 1. The maximum atomic E-state index is 13.5. The highest BCUT2D eigenvalue weighted by Gasteiger charge is 2.28. The van der Waals surface area contributed by atoms with Gasteiger partial charge in [0.15, 0.2) is 0 Å². The first-order valence-electron chi connectivity index (χ1n) is 5.29. The standard InChI is InChI=1S/C13H13FO3/c1-13(2,7-11(15)16)10-6-9(14)5-8-3-4-17-12(8)10/h3-6H,7H2,1-2H3,(H,15,16). The van der Waals surface area contributed by atoms with E-state index in [0.29, 0.717) is 16.5 Å². The molecule has 0 fully saturated rings. The van der Waals surface area contributed by atoms with Gasteiger partial charge in [-0.25, -0.2) is 4.39 Å². The zero-order valence-corrected chi connectivity index (χ0v) is 9.66. The summed E-state index contributed by atoms with van der Waals surface area (Å²) in [6.45, 7) is 3.52. The summed E-state index contributed by atoms with van der Waals surface area (Å²) >= 11 is 0. The van der Waals surface area contributed by atoms with Gasteiger partial charge in [-0.2, -0.15) is 0 Å². The first kappa shape index (κ1) is 11.6. The highest BCUT2D eigenvalue weighted by Crippen LogP contribution is 2.34. The second-order valence-corrected chi connectivity index (χ2v) is 4.75. The van der Waals surface area contributed by atoms with E-state index < -0.39 is 11.4 Å². The minimum absolute atomic E-state index is 0.0771. The molecular weight excluding hydrogens is 223 g/mol. The predicted molar refractivity (Wildman–Crippen MR) is 61.5 cm³/mol. The SMILES string of the molecule is CC(C)(CC(=O)O)c1cc(F)cc2ccoc12. The van der Waals surface area contributed by atoms with E-state index in [1.54, 1.807) is 19.9 Å². The zero-order valence-electron chi connectivity index (χ0n) is 9.66. The lowest BCUT2D eigenvalue weighted by Crippen LogP contribution is -2.22. The van der Waals surface area contributed by atoms with Crippen LogP contribution in [0.3, 0.4) is 0 Å². The Labute approximate surface area is 97.9 Å². The van der Waals surface area contributed by atoms with Crippen LogP contribution in [0.25, 0.3) is 11.0 Å². The Kier molecular flexibility index (Phi) is 2.65. The van der Waals surface area contributed by atoms with Crippen LogP contribution < -0.4 is 0 Å². The van der Waals surface area contributed by atoms with Crippen molar-refractivity contribution in [1.82, 2.24) is 0 Å². The molecule has 3 nitrogen and oxygen atoms in total. The number of carboxylic acids is 1. The van der Waals surface area contributed by atoms with Crippen LogP contribution in [0.2, 0.25) is 0 Å². The Morgan fingerprint density at radius 3 is 2.82 bits per heavy atom. The van der Waals surface area contributed by atoms with Crippen molar-refractivity contribution in [2.24, 2.45) is 0 Å². The minimum atomic E-state index is -0.918. The van der Waals surface area contributed by atoms with Gasteiger partial charge in [-0.15, -0.1) is 0 Å². The summed E-state index contributed by atoms with van der Waals surface area (Å²) in [7, 11) is 0. The molecule has 0 saturated heterocycles. The number of rotatable bonds is 3. The highest BCUT2D eigenvalue weighted by molar-refractivity contribution is 5.82. The molecule has 0 spiro atoms. The van der Waals surface area contributed by atoms with E-state index in [0.717, 1.165) is 0 Å². The van der Waals surface area contributed by atoms with Crippen LogP contribution in [0.5, 0.6) is 0 Å². The zero-order chi connectivity index (χ0) is 12.6. The van der Waals surface area contributed by atoms with Crippen LogP contribution in [-0.4, -0.2) is 11.1 Å². The van der Waals surface area contributed by atoms with E-state index in [1.807, 2.05) is 0 Å². The molecule has 0 bridgehead atoms. The minimum Gasteiger partial charge on any atom is -0.481 e. The van der Waals surface area contributed by atoms with Gasteiger partial charge in [0.1, 0.15) is 11.4 Å². The van der Waals surface area contributed by atoms with Gasteiger partial charge in [0.25, 0.3) is 0 Å². The molecule has 0 amide bonds. The van der Waals surface area contributed by atoms with Crippen molar-refractivity contribution in [3.63, 3.8) is 0 Å². The van der Waals surface area contributed by atoms with Gasteiger partial charge in [0.2, 0.25) is 0 Å². The Balaban J connectivity index is 2.60. The van der Waals surface area contributed by atoms with Crippen molar-refractivity contribution in [3.05, 3.63) is 35.8 Å². The van der Waals surface area contributed by atoms with Crippen LogP contribution in [0.4, 0.5) is 4.39 Å². The van der Waals surface area contributed by atoms with E-state index in [4.69, 9.17) is 9.52 Å². The summed E-state index contributed by atoms with van der Waals surface area (Å²) in [6, 6.07) is 4.38. The van der Waals surface area contributed by atoms with Gasteiger partial charge in [-0.3, -0.25) is 4.79 Å². The molecule has 1 aromatic carbocycles. The van der Waals surface area contributed by atoms with Crippen molar-refractivity contribution >= 4 is 16.9 Å². The molecule has 2 rings (SSSR count). The van der Waals surface area contributed by atoms with Crippen LogP contribution in [0.1, 0.15) is 25.8 Å². The van der Waals surface area contributed by atoms with Crippen molar-refractivity contribution in [2.75, 3.05) is 0 Å². The fourth-order valence-corrected chi connectivity index (χ4v) is 2.02. The summed E-state index contributed by atoms with van der Waals surface area (Å²) in [5.74, 6) is -1.30. The van der Waals surface area contributed by atoms with E-state index in [2.05, 4.69) is 0 Å². The van der Waals surface area contributed by atoms with Crippen molar-refractivity contribution in [2.45, 2.75) is 25.7 Å². The Hall–Kier alpha value is -1.84. The van der Waals surface area contributed by atoms with Gasteiger partial charge in [0, 0.05) is 16.4 Å². The molecule has 0 radical (unpaired) electrons. The van der Waals surface area contributed by atoms with E-state index >= 15 is 0 Å². The van der Waals surface area contributed by atoms with E-state index in [-0.39, 0.29) is 12.2 Å². The fraction of sp³-hybridized carbons (Fsp3) is 0.308. The number of aliphatic carboxylic acids is 1. The van der Waals surface area contributed by atoms with Crippen LogP contribution in [0, 0.1) is 5.82 Å². The van der Waals surface area contributed by atoms with Crippen LogP contribution >= 0.6 is 0 Å². The number of fused-ring (bicyclic) bond motifs is 1. The summed E-state index contributed by atoms with van der Waals surface area (Å²) < 4.78 is 18.8. The molecule has 1 heterocycles. The third-order valence-corrected chi connectivity index (χ3v) is 2.84. The Morgan fingerprint density at radius 1 is 1.47 bits per heavy atom. The fourth-order valence-electron chi connectivity index (χ4n) is 2.02. The maximum absolute atomic E-state index is 13.5. The number of carboxylic acid groups (broad SMARTS) is 1. The normalized spacial score (nSPS) is 11.9. The van der Waals surface area contributed by atoms with Gasteiger partial charge in [-0.05, 0) is 18.2 Å². The second kappa shape index (κ2) is 3.87.